The quantitative estimate of drug-likeness (QED) is 0.347. The lowest BCUT2D eigenvalue weighted by molar-refractivity contribution is 0.0655. The van der Waals surface area contributed by atoms with E-state index in [2.05, 4.69) is 10.1 Å². The van der Waals surface area contributed by atoms with E-state index >= 15 is 0 Å². The normalized spacial score (nSPS) is 13.4. The van der Waals surface area contributed by atoms with E-state index in [1.165, 1.54) is 11.2 Å². The Kier molecular flexibility index (Phi) is 4.04. The van der Waals surface area contributed by atoms with Gasteiger partial charge in [-0.25, -0.2) is 14.5 Å². The maximum atomic E-state index is 12.7. The molecule has 170 valence electrons. The molecule has 1 aliphatic rings. The van der Waals surface area contributed by atoms with Crippen LogP contribution in [-0.2, 0) is 6.42 Å². The van der Waals surface area contributed by atoms with Crippen LogP contribution in [0.15, 0.2) is 80.6 Å². The number of imide groups is 1. The van der Waals surface area contributed by atoms with Crippen LogP contribution in [0, 0.1) is 0 Å². The fraction of sp³-hybridized carbons (Fsp3) is 0.0800. The summed E-state index contributed by atoms with van der Waals surface area (Å²) in [6.07, 6.45) is 4.93. The van der Waals surface area contributed by atoms with Gasteiger partial charge in [0.15, 0.2) is 23.0 Å². The van der Waals surface area contributed by atoms with Gasteiger partial charge in [-0.05, 0) is 36.4 Å². The Hall–Kier alpha value is -4.99. The molecule has 10 nitrogen and oxygen atoms in total. The van der Waals surface area contributed by atoms with Gasteiger partial charge in [0.1, 0.15) is 12.1 Å². The third kappa shape index (κ3) is 2.86. The molecule has 10 heteroatoms. The monoisotopic (exact) mass is 465 g/mol. The van der Waals surface area contributed by atoms with Gasteiger partial charge >= 0.3 is 0 Å². The van der Waals surface area contributed by atoms with Crippen LogP contribution in [0.25, 0.3) is 39.6 Å². The summed E-state index contributed by atoms with van der Waals surface area (Å²) in [6.45, 7) is 0.161. The van der Waals surface area contributed by atoms with Gasteiger partial charge in [-0.15, -0.1) is 5.10 Å². The molecule has 0 atom stereocenters. The number of carbonyl (C=O) groups is 2. The van der Waals surface area contributed by atoms with E-state index in [-0.39, 0.29) is 24.8 Å². The van der Waals surface area contributed by atoms with Crippen molar-refractivity contribution in [1.29, 1.82) is 0 Å². The first-order valence-electron chi connectivity index (χ1n) is 10.9. The smallest absolute Gasteiger partial charge is 0.261 e. The predicted octanol–water partition coefficient (Wildman–Crippen LogP) is 4.23. The van der Waals surface area contributed by atoms with E-state index in [1.54, 1.807) is 59.5 Å². The molecule has 0 fully saturated rings. The van der Waals surface area contributed by atoms with E-state index in [1.807, 2.05) is 6.07 Å². The summed E-state index contributed by atoms with van der Waals surface area (Å²) in [4.78, 5) is 35.7. The number of amides is 2. The number of hydrogen-bond donors (Lipinski definition) is 0. The van der Waals surface area contributed by atoms with Crippen molar-refractivity contribution in [2.45, 2.75) is 6.42 Å². The van der Waals surface area contributed by atoms with E-state index in [4.69, 9.17) is 18.2 Å². The molecule has 0 unspecified atom stereocenters. The van der Waals surface area contributed by atoms with Gasteiger partial charge in [0, 0.05) is 13.0 Å². The van der Waals surface area contributed by atoms with Gasteiger partial charge in [0.2, 0.25) is 5.71 Å². The van der Waals surface area contributed by atoms with Gasteiger partial charge in [0.25, 0.3) is 11.8 Å². The zero-order valence-electron chi connectivity index (χ0n) is 18.0. The zero-order valence-corrected chi connectivity index (χ0v) is 18.0. The second-order valence-electron chi connectivity index (χ2n) is 8.04. The number of benzene rings is 1. The third-order valence-electron chi connectivity index (χ3n) is 6.02. The maximum Gasteiger partial charge on any atom is 0.261 e. The van der Waals surface area contributed by atoms with Crippen LogP contribution in [0.5, 0.6) is 0 Å². The van der Waals surface area contributed by atoms with Crippen molar-refractivity contribution in [2.24, 2.45) is 0 Å². The molecule has 0 bridgehead atoms. The molecular weight excluding hydrogens is 450 g/mol. The van der Waals surface area contributed by atoms with Gasteiger partial charge in [-0.1, -0.05) is 12.1 Å². The minimum atomic E-state index is -0.309. The summed E-state index contributed by atoms with van der Waals surface area (Å²) in [5.41, 5.74) is 2.35. The van der Waals surface area contributed by atoms with Crippen molar-refractivity contribution in [2.75, 3.05) is 6.54 Å². The summed E-state index contributed by atoms with van der Waals surface area (Å²) >= 11 is 0. The van der Waals surface area contributed by atoms with Gasteiger partial charge in [-0.2, -0.15) is 0 Å². The molecule has 6 heterocycles. The largest absolute Gasteiger partial charge is 0.464 e. The topological polar surface area (TPSA) is 120 Å². The lowest BCUT2D eigenvalue weighted by Gasteiger charge is -2.11. The number of rotatable bonds is 5. The molecule has 35 heavy (non-hydrogen) atoms. The standard InChI is InChI=1S/C25H15N5O5/c31-24-14-5-1-2-6-15(14)25(32)29(24)10-9-18-27-22-20-19(16-7-3-11-33-16)21(17-8-4-12-34-17)35-23(20)26-13-30(22)28-18/h1-8,11-13H,9-10H2. The van der Waals surface area contributed by atoms with Crippen molar-refractivity contribution < 1.29 is 22.8 Å². The number of fused-ring (bicyclic) bond motifs is 4. The summed E-state index contributed by atoms with van der Waals surface area (Å²) in [5.74, 6) is 1.41. The molecule has 1 aromatic carbocycles. The first-order valence-corrected chi connectivity index (χ1v) is 10.9. The Morgan fingerprint density at radius 3 is 2.26 bits per heavy atom. The van der Waals surface area contributed by atoms with Gasteiger partial charge in [0.05, 0.1) is 34.6 Å². The SMILES string of the molecule is O=C1c2ccccc2C(=O)N1CCc1nc2c3c(-c4ccco4)c(-c4ccco4)oc3ncn2n1. The molecule has 6 aromatic rings. The van der Waals surface area contributed by atoms with Crippen molar-refractivity contribution in [3.8, 4) is 22.8 Å². The van der Waals surface area contributed by atoms with E-state index in [9.17, 15) is 9.59 Å². The van der Waals surface area contributed by atoms with Crippen LogP contribution < -0.4 is 0 Å². The highest BCUT2D eigenvalue weighted by Gasteiger charge is 2.35. The first-order chi connectivity index (χ1) is 17.2. The maximum absolute atomic E-state index is 12.7. The van der Waals surface area contributed by atoms with Crippen LogP contribution in [-0.4, -0.2) is 42.8 Å². The molecule has 2 amide bonds. The molecule has 5 aromatic heterocycles. The van der Waals surface area contributed by atoms with Crippen LogP contribution in [0.3, 0.4) is 0 Å². The first kappa shape index (κ1) is 19.5. The number of nitrogens with zero attached hydrogens (tertiary/aromatic N) is 5. The highest BCUT2D eigenvalue weighted by molar-refractivity contribution is 6.21. The summed E-state index contributed by atoms with van der Waals surface area (Å²) < 4.78 is 18.8. The Morgan fingerprint density at radius 2 is 1.57 bits per heavy atom. The number of carbonyl (C=O) groups excluding carboxylic acids is 2. The third-order valence-corrected chi connectivity index (χ3v) is 6.02. The van der Waals surface area contributed by atoms with E-state index < -0.39 is 0 Å². The lowest BCUT2D eigenvalue weighted by atomic mass is 10.1. The summed E-state index contributed by atoms with van der Waals surface area (Å²) in [7, 11) is 0. The van der Waals surface area contributed by atoms with Gasteiger partial charge in [-0.3, -0.25) is 14.5 Å². The minimum absolute atomic E-state index is 0.161. The summed E-state index contributed by atoms with van der Waals surface area (Å²) in [5, 5.41) is 5.13. The molecule has 0 radical (unpaired) electrons. The second-order valence-corrected chi connectivity index (χ2v) is 8.04. The lowest BCUT2D eigenvalue weighted by Crippen LogP contribution is -2.31. The number of hydrogen-bond acceptors (Lipinski definition) is 8. The van der Waals surface area contributed by atoms with Crippen molar-refractivity contribution in [1.82, 2.24) is 24.5 Å². The molecule has 0 saturated carbocycles. The molecule has 7 rings (SSSR count). The summed E-state index contributed by atoms with van der Waals surface area (Å²) in [6, 6.07) is 14.0. The molecule has 0 aliphatic carbocycles. The average molecular weight is 465 g/mol. The molecule has 1 aliphatic heterocycles. The van der Waals surface area contributed by atoms with E-state index in [0.29, 0.717) is 56.5 Å². The van der Waals surface area contributed by atoms with E-state index in [0.717, 1.165) is 0 Å². The molecule has 0 spiro atoms. The fourth-order valence-corrected chi connectivity index (χ4v) is 4.44. The Labute approximate surface area is 196 Å². The molecule has 0 saturated heterocycles. The zero-order chi connectivity index (χ0) is 23.5. The minimum Gasteiger partial charge on any atom is -0.464 e. The van der Waals surface area contributed by atoms with Crippen LogP contribution in [0.4, 0.5) is 0 Å². The highest BCUT2D eigenvalue weighted by Crippen LogP contribution is 2.41. The Balaban J connectivity index is 1.29. The molecule has 0 N–H and O–H groups in total. The highest BCUT2D eigenvalue weighted by atomic mass is 16.4. The Bertz CT molecular complexity index is 1710. The predicted molar refractivity (Wildman–Crippen MR) is 121 cm³/mol. The number of aromatic nitrogens is 4. The van der Waals surface area contributed by atoms with Gasteiger partial charge < -0.3 is 13.3 Å². The van der Waals surface area contributed by atoms with Crippen LogP contribution >= 0.6 is 0 Å². The Morgan fingerprint density at radius 1 is 0.857 bits per heavy atom. The van der Waals surface area contributed by atoms with Crippen molar-refractivity contribution in [3.63, 3.8) is 0 Å². The van der Waals surface area contributed by atoms with Crippen LogP contribution in [0.2, 0.25) is 0 Å². The van der Waals surface area contributed by atoms with Crippen LogP contribution in [0.1, 0.15) is 26.5 Å². The fourth-order valence-electron chi connectivity index (χ4n) is 4.44. The van der Waals surface area contributed by atoms with Crippen molar-refractivity contribution in [3.05, 3.63) is 84.3 Å². The van der Waals surface area contributed by atoms with Crippen molar-refractivity contribution >= 4 is 28.6 Å². The average Bonchev–Trinajstić information content (AvgIpc) is 3.68. The number of furan rings is 3. The second kappa shape index (κ2) is 7.26. The molecular formula is C25H15N5O5.